The average Bonchev–Trinajstić information content (AvgIpc) is 2.86. The third-order valence-corrected chi connectivity index (χ3v) is 6.14. The molecular formula is C32H34N2. The first-order valence-electron chi connectivity index (χ1n) is 12.1. The highest BCUT2D eigenvalue weighted by molar-refractivity contribution is 5.67. The zero-order chi connectivity index (χ0) is 23.6. The van der Waals surface area contributed by atoms with Crippen molar-refractivity contribution in [3.63, 3.8) is 0 Å². The first-order chi connectivity index (χ1) is 16.7. The fourth-order valence-corrected chi connectivity index (χ4v) is 4.27. The molecule has 0 atom stereocenters. The van der Waals surface area contributed by atoms with Gasteiger partial charge in [-0.05, 0) is 79.6 Å². The maximum atomic E-state index is 4.27. The van der Waals surface area contributed by atoms with Crippen molar-refractivity contribution in [2.24, 2.45) is 0 Å². The van der Waals surface area contributed by atoms with Crippen molar-refractivity contribution in [3.8, 4) is 0 Å². The molecule has 0 heterocycles. The topological polar surface area (TPSA) is 15.3 Å². The molecule has 2 radical (unpaired) electrons. The average molecular weight is 447 g/mol. The van der Waals surface area contributed by atoms with E-state index >= 15 is 0 Å². The van der Waals surface area contributed by atoms with E-state index in [9.17, 15) is 0 Å². The van der Waals surface area contributed by atoms with Crippen molar-refractivity contribution < 1.29 is 0 Å². The van der Waals surface area contributed by atoms with Gasteiger partial charge in [-0.3, -0.25) is 4.90 Å². The molecule has 4 aromatic carbocycles. The molecular weight excluding hydrogens is 412 g/mol. The Morgan fingerprint density at radius 3 is 1.76 bits per heavy atom. The van der Waals surface area contributed by atoms with Crippen LogP contribution in [-0.2, 0) is 19.5 Å². The molecule has 0 saturated carbocycles. The number of anilines is 2. The second-order valence-electron chi connectivity index (χ2n) is 8.91. The standard InChI is InChI=1S/C32H34N2/c1-26-13-9-10-19-31(26)33-32-21-20-28(23-27(32)2)14-11-12-22-34(24-29-15-5-3-6-16-29)25-30-17-7-4-8-18-30/h3-10,13,15-21,23,33H,1-2,11-12,14,22,24-25H2. The summed E-state index contributed by atoms with van der Waals surface area (Å²) >= 11 is 0. The number of para-hydroxylation sites is 1. The monoisotopic (exact) mass is 446 g/mol. The Labute approximate surface area is 205 Å². The number of nitrogens with zero attached hydrogens (tertiary/aromatic N) is 1. The molecule has 1 N–H and O–H groups in total. The fraction of sp³-hybridized carbons (Fsp3) is 0.188. The second kappa shape index (κ2) is 12.2. The van der Waals surface area contributed by atoms with Crippen molar-refractivity contribution in [1.29, 1.82) is 0 Å². The highest BCUT2D eigenvalue weighted by Gasteiger charge is 2.08. The summed E-state index contributed by atoms with van der Waals surface area (Å²) < 4.78 is 0. The van der Waals surface area contributed by atoms with Gasteiger partial charge < -0.3 is 5.32 Å². The van der Waals surface area contributed by atoms with E-state index in [4.69, 9.17) is 0 Å². The highest BCUT2D eigenvalue weighted by Crippen LogP contribution is 2.24. The van der Waals surface area contributed by atoms with Gasteiger partial charge in [-0.1, -0.05) is 91.0 Å². The Kier molecular flexibility index (Phi) is 8.54. The maximum absolute atomic E-state index is 4.27. The molecule has 4 rings (SSSR count). The molecule has 4 aromatic rings. The highest BCUT2D eigenvalue weighted by atomic mass is 15.1. The van der Waals surface area contributed by atoms with E-state index in [-0.39, 0.29) is 0 Å². The molecule has 0 aliphatic rings. The van der Waals surface area contributed by atoms with Crippen LogP contribution in [0.4, 0.5) is 11.4 Å². The number of unbranched alkanes of at least 4 members (excludes halogenated alkanes) is 1. The van der Waals surface area contributed by atoms with Crippen LogP contribution in [0.25, 0.3) is 0 Å². The lowest BCUT2D eigenvalue weighted by atomic mass is 10.0. The van der Waals surface area contributed by atoms with Crippen molar-refractivity contribution in [2.45, 2.75) is 32.4 Å². The van der Waals surface area contributed by atoms with Gasteiger partial charge in [0.2, 0.25) is 0 Å². The van der Waals surface area contributed by atoms with Gasteiger partial charge in [0.1, 0.15) is 0 Å². The van der Waals surface area contributed by atoms with Crippen LogP contribution in [0.1, 0.15) is 40.7 Å². The lowest BCUT2D eigenvalue weighted by Crippen LogP contribution is -2.24. The number of aryl methyl sites for hydroxylation is 1. The predicted molar refractivity (Wildman–Crippen MR) is 145 cm³/mol. The summed E-state index contributed by atoms with van der Waals surface area (Å²) in [5, 5.41) is 3.46. The molecule has 0 saturated heterocycles. The second-order valence-corrected chi connectivity index (χ2v) is 8.91. The number of hydrogen-bond acceptors (Lipinski definition) is 2. The fourth-order valence-electron chi connectivity index (χ4n) is 4.27. The Hall–Kier alpha value is -3.36. The van der Waals surface area contributed by atoms with Crippen LogP contribution < -0.4 is 5.32 Å². The van der Waals surface area contributed by atoms with Crippen LogP contribution in [0.5, 0.6) is 0 Å². The normalized spacial score (nSPS) is 11.0. The first kappa shape index (κ1) is 23.8. The zero-order valence-corrected chi connectivity index (χ0v) is 19.9. The zero-order valence-electron chi connectivity index (χ0n) is 19.9. The Morgan fingerprint density at radius 2 is 1.15 bits per heavy atom. The molecule has 0 spiro atoms. The van der Waals surface area contributed by atoms with Crippen LogP contribution in [0.3, 0.4) is 0 Å². The molecule has 2 nitrogen and oxygen atoms in total. The number of rotatable bonds is 11. The van der Waals surface area contributed by atoms with E-state index in [0.29, 0.717) is 0 Å². The van der Waals surface area contributed by atoms with Gasteiger partial charge in [-0.25, -0.2) is 0 Å². The molecule has 0 fully saturated rings. The Balaban J connectivity index is 1.31. The smallest absolute Gasteiger partial charge is 0.0417 e. The Bertz CT molecular complexity index is 1110. The largest absolute Gasteiger partial charge is 0.355 e. The predicted octanol–water partition coefficient (Wildman–Crippen LogP) is 7.82. The summed E-state index contributed by atoms with van der Waals surface area (Å²) in [6.07, 6.45) is 3.40. The van der Waals surface area contributed by atoms with Gasteiger partial charge in [-0.15, -0.1) is 0 Å². The summed E-state index contributed by atoms with van der Waals surface area (Å²) in [6, 6.07) is 36.2. The molecule has 0 bridgehead atoms. The maximum Gasteiger partial charge on any atom is 0.0417 e. The lowest BCUT2D eigenvalue weighted by Gasteiger charge is -2.23. The summed E-state index contributed by atoms with van der Waals surface area (Å²) in [5.74, 6) is 0. The molecule has 0 aliphatic heterocycles. The summed E-state index contributed by atoms with van der Waals surface area (Å²) in [6.45, 7) is 11.4. The number of nitrogens with one attached hydrogen (secondary N) is 1. The minimum absolute atomic E-state index is 0.979. The van der Waals surface area contributed by atoms with Crippen LogP contribution in [0, 0.1) is 13.8 Å². The van der Waals surface area contributed by atoms with Gasteiger partial charge in [0.25, 0.3) is 0 Å². The molecule has 172 valence electrons. The van der Waals surface area contributed by atoms with Crippen molar-refractivity contribution in [2.75, 3.05) is 11.9 Å². The lowest BCUT2D eigenvalue weighted by molar-refractivity contribution is 0.251. The van der Waals surface area contributed by atoms with Crippen molar-refractivity contribution in [1.82, 2.24) is 4.90 Å². The third kappa shape index (κ3) is 7.07. The van der Waals surface area contributed by atoms with Gasteiger partial charge >= 0.3 is 0 Å². The molecule has 0 aromatic heterocycles. The number of benzene rings is 4. The molecule has 0 aliphatic carbocycles. The van der Waals surface area contributed by atoms with Gasteiger partial charge in [0.15, 0.2) is 0 Å². The Morgan fingerprint density at radius 1 is 0.559 bits per heavy atom. The van der Waals surface area contributed by atoms with Gasteiger partial charge in [0.05, 0.1) is 0 Å². The minimum Gasteiger partial charge on any atom is -0.355 e. The molecule has 34 heavy (non-hydrogen) atoms. The van der Waals surface area contributed by atoms with Crippen molar-refractivity contribution >= 4 is 11.4 Å². The van der Waals surface area contributed by atoms with E-state index in [1.807, 2.05) is 24.3 Å². The van der Waals surface area contributed by atoms with Crippen LogP contribution in [0.2, 0.25) is 0 Å². The third-order valence-electron chi connectivity index (χ3n) is 6.14. The van der Waals surface area contributed by atoms with E-state index < -0.39 is 0 Å². The molecule has 0 unspecified atom stereocenters. The van der Waals surface area contributed by atoms with E-state index in [2.05, 4.69) is 103 Å². The van der Waals surface area contributed by atoms with E-state index in [0.717, 1.165) is 55.0 Å². The van der Waals surface area contributed by atoms with Crippen LogP contribution in [0.15, 0.2) is 103 Å². The van der Waals surface area contributed by atoms with Gasteiger partial charge in [-0.2, -0.15) is 0 Å². The molecule has 0 amide bonds. The summed E-state index contributed by atoms with van der Waals surface area (Å²) in [5.41, 5.74) is 8.15. The SMILES string of the molecule is [CH2]c1ccccc1Nc1ccc(CCCCN(Cc2ccccc2)Cc2ccccc2)cc1[CH2]. The van der Waals surface area contributed by atoms with Gasteiger partial charge in [0, 0.05) is 24.5 Å². The summed E-state index contributed by atoms with van der Waals surface area (Å²) in [4.78, 5) is 2.56. The first-order valence-corrected chi connectivity index (χ1v) is 12.1. The minimum atomic E-state index is 0.979. The van der Waals surface area contributed by atoms with E-state index in [1.165, 1.54) is 23.1 Å². The molecule has 2 heteroatoms. The number of hydrogen-bond donors (Lipinski definition) is 1. The van der Waals surface area contributed by atoms with Crippen LogP contribution >= 0.6 is 0 Å². The van der Waals surface area contributed by atoms with Crippen molar-refractivity contribution in [3.05, 3.63) is 145 Å². The van der Waals surface area contributed by atoms with E-state index in [1.54, 1.807) is 0 Å². The summed E-state index contributed by atoms with van der Waals surface area (Å²) in [7, 11) is 0. The quantitative estimate of drug-likeness (QED) is 0.236. The van der Waals surface area contributed by atoms with Crippen LogP contribution in [-0.4, -0.2) is 11.4 Å².